The van der Waals surface area contributed by atoms with E-state index in [0.29, 0.717) is 6.04 Å². The molecule has 1 N–H and O–H groups in total. The van der Waals surface area contributed by atoms with Crippen LogP contribution in [0.3, 0.4) is 0 Å². The molecule has 1 unspecified atom stereocenters. The molecule has 0 radical (unpaired) electrons. The molecular formula is C12H13ClN2S. The molecule has 0 saturated heterocycles. The maximum atomic E-state index is 5.96. The first-order valence-electron chi connectivity index (χ1n) is 5.09. The lowest BCUT2D eigenvalue weighted by Gasteiger charge is -2.04. The van der Waals surface area contributed by atoms with Crippen molar-refractivity contribution >= 4 is 22.9 Å². The zero-order valence-electron chi connectivity index (χ0n) is 9.20. The molecule has 0 aliphatic heterocycles. The van der Waals surface area contributed by atoms with E-state index in [2.05, 4.69) is 17.2 Å². The average molecular weight is 253 g/mol. The zero-order chi connectivity index (χ0) is 11.5. The second-order valence-corrected chi connectivity index (χ2v) is 5.09. The van der Waals surface area contributed by atoms with Crippen LogP contribution in [-0.2, 0) is 0 Å². The van der Waals surface area contributed by atoms with Gasteiger partial charge < -0.3 is 5.32 Å². The third-order valence-corrected chi connectivity index (χ3v) is 3.92. The molecule has 2 nitrogen and oxygen atoms in total. The summed E-state index contributed by atoms with van der Waals surface area (Å²) in [5.41, 5.74) is 1.08. The quantitative estimate of drug-likeness (QED) is 0.900. The molecule has 1 aromatic carbocycles. The minimum absolute atomic E-state index is 0.338. The molecule has 0 fully saturated rings. The van der Waals surface area contributed by atoms with Gasteiger partial charge in [-0.2, -0.15) is 0 Å². The van der Waals surface area contributed by atoms with E-state index >= 15 is 0 Å². The average Bonchev–Trinajstić information content (AvgIpc) is 2.77. The molecule has 4 heteroatoms. The molecule has 1 heterocycles. The van der Waals surface area contributed by atoms with E-state index in [9.17, 15) is 0 Å². The summed E-state index contributed by atoms with van der Waals surface area (Å²) in [4.78, 5) is 5.65. The Kier molecular flexibility index (Phi) is 3.59. The van der Waals surface area contributed by atoms with Crippen LogP contribution in [0.25, 0.3) is 10.6 Å². The molecule has 0 amide bonds. The Hall–Kier alpha value is -0.900. The summed E-state index contributed by atoms with van der Waals surface area (Å²) in [5, 5.41) is 4.96. The van der Waals surface area contributed by atoms with Gasteiger partial charge in [0.25, 0.3) is 0 Å². The van der Waals surface area contributed by atoms with Crippen molar-refractivity contribution in [1.82, 2.24) is 10.3 Å². The molecule has 16 heavy (non-hydrogen) atoms. The number of nitrogens with one attached hydrogen (secondary N) is 1. The first-order chi connectivity index (χ1) is 7.70. The Balaban J connectivity index is 2.31. The summed E-state index contributed by atoms with van der Waals surface area (Å²) in [6, 6.07) is 8.12. The van der Waals surface area contributed by atoms with Gasteiger partial charge in [0.1, 0.15) is 5.01 Å². The lowest BCUT2D eigenvalue weighted by molar-refractivity contribution is 0.662. The standard InChI is InChI=1S/C12H13ClN2S/c1-8(14-2)11-7-15-12(16-11)9-4-3-5-10(13)6-9/h3-8,14H,1-2H3. The molecule has 0 spiro atoms. The van der Waals surface area contributed by atoms with Gasteiger partial charge in [-0.15, -0.1) is 11.3 Å². The number of halogens is 1. The maximum absolute atomic E-state index is 5.96. The van der Waals surface area contributed by atoms with Crippen LogP contribution in [0.4, 0.5) is 0 Å². The number of hydrogen-bond donors (Lipinski definition) is 1. The normalized spacial score (nSPS) is 12.7. The summed E-state index contributed by atoms with van der Waals surface area (Å²) in [5.74, 6) is 0. The Morgan fingerprint density at radius 1 is 1.44 bits per heavy atom. The fourth-order valence-electron chi connectivity index (χ4n) is 1.38. The third kappa shape index (κ3) is 2.43. The number of benzene rings is 1. The third-order valence-electron chi connectivity index (χ3n) is 2.45. The van der Waals surface area contributed by atoms with Gasteiger partial charge in [0, 0.05) is 27.7 Å². The molecule has 1 aromatic heterocycles. The van der Waals surface area contributed by atoms with E-state index in [1.54, 1.807) is 11.3 Å². The number of thiazole rings is 1. The number of aromatic nitrogens is 1. The predicted molar refractivity (Wildman–Crippen MR) is 70.0 cm³/mol. The Morgan fingerprint density at radius 2 is 2.25 bits per heavy atom. The van der Waals surface area contributed by atoms with E-state index in [-0.39, 0.29) is 0 Å². The molecule has 1 atom stereocenters. The molecule has 0 aliphatic rings. The largest absolute Gasteiger partial charge is 0.312 e. The van der Waals surface area contributed by atoms with Crippen LogP contribution in [0.5, 0.6) is 0 Å². The second kappa shape index (κ2) is 4.95. The van der Waals surface area contributed by atoms with E-state index in [1.165, 1.54) is 4.88 Å². The van der Waals surface area contributed by atoms with Gasteiger partial charge in [0.2, 0.25) is 0 Å². The lowest BCUT2D eigenvalue weighted by Crippen LogP contribution is -2.10. The van der Waals surface area contributed by atoms with Crippen molar-refractivity contribution in [3.63, 3.8) is 0 Å². The van der Waals surface area contributed by atoms with Crippen molar-refractivity contribution in [2.24, 2.45) is 0 Å². The summed E-state index contributed by atoms with van der Waals surface area (Å²) < 4.78 is 0. The van der Waals surface area contributed by atoms with Gasteiger partial charge in [-0.1, -0.05) is 23.7 Å². The van der Waals surface area contributed by atoms with Crippen LogP contribution in [-0.4, -0.2) is 12.0 Å². The van der Waals surface area contributed by atoms with Crippen molar-refractivity contribution in [1.29, 1.82) is 0 Å². The van der Waals surface area contributed by atoms with Crippen LogP contribution >= 0.6 is 22.9 Å². The zero-order valence-corrected chi connectivity index (χ0v) is 10.8. The van der Waals surface area contributed by atoms with Crippen molar-refractivity contribution in [3.8, 4) is 10.6 Å². The van der Waals surface area contributed by atoms with Crippen LogP contribution in [0, 0.1) is 0 Å². The van der Waals surface area contributed by atoms with E-state index in [1.807, 2.05) is 37.5 Å². The monoisotopic (exact) mass is 252 g/mol. The molecule has 2 aromatic rings. The molecule has 2 rings (SSSR count). The summed E-state index contributed by atoms with van der Waals surface area (Å²) >= 11 is 7.65. The van der Waals surface area contributed by atoms with Gasteiger partial charge in [0.15, 0.2) is 0 Å². The summed E-state index contributed by atoms with van der Waals surface area (Å²) in [7, 11) is 1.95. The Morgan fingerprint density at radius 3 is 2.94 bits per heavy atom. The molecule has 0 bridgehead atoms. The minimum atomic E-state index is 0.338. The highest BCUT2D eigenvalue weighted by Crippen LogP contribution is 2.29. The molecular weight excluding hydrogens is 240 g/mol. The number of rotatable bonds is 3. The van der Waals surface area contributed by atoms with Crippen LogP contribution in [0.2, 0.25) is 5.02 Å². The van der Waals surface area contributed by atoms with E-state index < -0.39 is 0 Å². The molecule has 0 aliphatic carbocycles. The Labute approximate surface area is 104 Å². The van der Waals surface area contributed by atoms with Crippen LogP contribution < -0.4 is 5.32 Å². The fourth-order valence-corrected chi connectivity index (χ4v) is 2.55. The van der Waals surface area contributed by atoms with Crippen molar-refractivity contribution in [2.45, 2.75) is 13.0 Å². The number of hydrogen-bond acceptors (Lipinski definition) is 3. The molecule has 0 saturated carbocycles. The maximum Gasteiger partial charge on any atom is 0.123 e. The minimum Gasteiger partial charge on any atom is -0.312 e. The summed E-state index contributed by atoms with van der Waals surface area (Å²) in [6.07, 6.45) is 1.92. The van der Waals surface area contributed by atoms with Crippen molar-refractivity contribution in [3.05, 3.63) is 40.4 Å². The highest BCUT2D eigenvalue weighted by atomic mass is 35.5. The lowest BCUT2D eigenvalue weighted by atomic mass is 10.2. The van der Waals surface area contributed by atoms with Gasteiger partial charge >= 0.3 is 0 Å². The van der Waals surface area contributed by atoms with Gasteiger partial charge in [0.05, 0.1) is 0 Å². The fraction of sp³-hybridized carbons (Fsp3) is 0.250. The first kappa shape index (κ1) is 11.6. The number of nitrogens with zero attached hydrogens (tertiary/aromatic N) is 1. The van der Waals surface area contributed by atoms with Gasteiger partial charge in [-0.05, 0) is 26.1 Å². The SMILES string of the molecule is CNC(C)c1cnc(-c2cccc(Cl)c2)s1. The smallest absolute Gasteiger partial charge is 0.123 e. The second-order valence-electron chi connectivity index (χ2n) is 3.59. The van der Waals surface area contributed by atoms with Crippen molar-refractivity contribution in [2.75, 3.05) is 7.05 Å². The van der Waals surface area contributed by atoms with Gasteiger partial charge in [-0.3, -0.25) is 0 Å². The molecule has 84 valence electrons. The first-order valence-corrected chi connectivity index (χ1v) is 6.29. The highest BCUT2D eigenvalue weighted by molar-refractivity contribution is 7.15. The highest BCUT2D eigenvalue weighted by Gasteiger charge is 2.09. The predicted octanol–water partition coefficient (Wildman–Crippen LogP) is 3.74. The van der Waals surface area contributed by atoms with Crippen LogP contribution in [0.1, 0.15) is 17.8 Å². The van der Waals surface area contributed by atoms with Crippen molar-refractivity contribution < 1.29 is 0 Å². The summed E-state index contributed by atoms with van der Waals surface area (Å²) in [6.45, 7) is 2.12. The van der Waals surface area contributed by atoms with Crippen LogP contribution in [0.15, 0.2) is 30.5 Å². The Bertz CT molecular complexity index is 481. The van der Waals surface area contributed by atoms with E-state index in [0.717, 1.165) is 15.6 Å². The van der Waals surface area contributed by atoms with Gasteiger partial charge in [-0.25, -0.2) is 4.98 Å². The van der Waals surface area contributed by atoms with E-state index in [4.69, 9.17) is 11.6 Å². The topological polar surface area (TPSA) is 24.9 Å².